The van der Waals surface area contributed by atoms with Crippen LogP contribution in [0, 0.1) is 0 Å². The van der Waals surface area contributed by atoms with E-state index in [1.807, 2.05) is 6.07 Å². The Balaban J connectivity index is 1.72. The third-order valence-corrected chi connectivity index (χ3v) is 4.97. The average molecular weight is 325 g/mol. The van der Waals surface area contributed by atoms with Crippen molar-refractivity contribution in [2.24, 2.45) is 0 Å². The number of aromatic nitrogens is 1. The SMILES string of the molecule is O=C(NC1CCS(=O)C1)c1cc(-c2cccc(Cl)c2)no1. The minimum atomic E-state index is -0.828. The van der Waals surface area contributed by atoms with E-state index in [0.717, 1.165) is 12.0 Å². The molecule has 1 N–H and O–H groups in total. The molecule has 0 bridgehead atoms. The van der Waals surface area contributed by atoms with Crippen molar-refractivity contribution in [3.05, 3.63) is 41.1 Å². The van der Waals surface area contributed by atoms with Gasteiger partial charge in [-0.3, -0.25) is 9.00 Å². The molecule has 110 valence electrons. The molecule has 1 saturated heterocycles. The molecular weight excluding hydrogens is 312 g/mol. The molecule has 1 aliphatic rings. The largest absolute Gasteiger partial charge is 0.350 e. The molecule has 0 radical (unpaired) electrons. The van der Waals surface area contributed by atoms with Crippen LogP contribution in [0.15, 0.2) is 34.9 Å². The summed E-state index contributed by atoms with van der Waals surface area (Å²) in [6.07, 6.45) is 0.730. The molecular formula is C14H13ClN2O3S. The first-order valence-corrected chi connectivity index (χ1v) is 8.37. The van der Waals surface area contributed by atoms with Crippen LogP contribution in [0.2, 0.25) is 5.02 Å². The number of carbonyl (C=O) groups excluding carboxylic acids is 1. The van der Waals surface area contributed by atoms with E-state index in [-0.39, 0.29) is 17.7 Å². The van der Waals surface area contributed by atoms with Gasteiger partial charge in [0.15, 0.2) is 0 Å². The van der Waals surface area contributed by atoms with E-state index in [0.29, 0.717) is 22.2 Å². The van der Waals surface area contributed by atoms with Gasteiger partial charge < -0.3 is 9.84 Å². The number of nitrogens with one attached hydrogen (secondary N) is 1. The first kappa shape index (κ1) is 14.3. The number of rotatable bonds is 3. The lowest BCUT2D eigenvalue weighted by Gasteiger charge is -2.08. The number of carbonyl (C=O) groups is 1. The molecule has 0 saturated carbocycles. The third-order valence-electron chi connectivity index (χ3n) is 3.27. The lowest BCUT2D eigenvalue weighted by atomic mass is 10.1. The van der Waals surface area contributed by atoms with Crippen LogP contribution in [0.1, 0.15) is 17.0 Å². The maximum absolute atomic E-state index is 12.0. The first-order chi connectivity index (χ1) is 10.1. The quantitative estimate of drug-likeness (QED) is 0.940. The lowest BCUT2D eigenvalue weighted by molar-refractivity contribution is 0.0904. The average Bonchev–Trinajstić information content (AvgIpc) is 3.08. The Hall–Kier alpha value is -1.66. The highest BCUT2D eigenvalue weighted by molar-refractivity contribution is 7.85. The number of benzene rings is 1. The van der Waals surface area contributed by atoms with Crippen LogP contribution in [0.3, 0.4) is 0 Å². The minimum absolute atomic E-state index is 0.0574. The third kappa shape index (κ3) is 3.33. The van der Waals surface area contributed by atoms with Crippen LogP contribution < -0.4 is 5.32 Å². The van der Waals surface area contributed by atoms with Gasteiger partial charge in [-0.05, 0) is 18.6 Å². The number of nitrogens with zero attached hydrogens (tertiary/aromatic N) is 1. The highest BCUT2D eigenvalue weighted by Crippen LogP contribution is 2.22. The molecule has 0 aliphatic carbocycles. The normalized spacial score (nSPS) is 21.4. The molecule has 2 unspecified atom stereocenters. The second kappa shape index (κ2) is 5.99. The van der Waals surface area contributed by atoms with Gasteiger partial charge in [-0.15, -0.1) is 0 Å². The van der Waals surface area contributed by atoms with Gasteiger partial charge in [-0.1, -0.05) is 28.9 Å². The molecule has 1 aromatic heterocycles. The van der Waals surface area contributed by atoms with Crippen molar-refractivity contribution in [2.75, 3.05) is 11.5 Å². The first-order valence-electron chi connectivity index (χ1n) is 6.50. The molecule has 7 heteroatoms. The summed E-state index contributed by atoms with van der Waals surface area (Å²) >= 11 is 5.92. The molecule has 0 spiro atoms. The van der Waals surface area contributed by atoms with Gasteiger partial charge in [0.25, 0.3) is 5.91 Å². The summed E-state index contributed by atoms with van der Waals surface area (Å²) in [4.78, 5) is 12.0. The summed E-state index contributed by atoms with van der Waals surface area (Å²) in [5, 5.41) is 7.29. The van der Waals surface area contributed by atoms with Gasteiger partial charge in [-0.2, -0.15) is 0 Å². The van der Waals surface area contributed by atoms with Crippen LogP contribution in [-0.2, 0) is 10.8 Å². The van der Waals surface area contributed by atoms with E-state index < -0.39 is 10.8 Å². The minimum Gasteiger partial charge on any atom is -0.350 e. The number of hydrogen-bond acceptors (Lipinski definition) is 4. The van der Waals surface area contributed by atoms with Crippen molar-refractivity contribution in [1.82, 2.24) is 10.5 Å². The highest BCUT2D eigenvalue weighted by Gasteiger charge is 2.24. The number of amides is 1. The van der Waals surface area contributed by atoms with Crippen LogP contribution in [0.25, 0.3) is 11.3 Å². The smallest absolute Gasteiger partial charge is 0.290 e. The standard InChI is InChI=1S/C14H13ClN2O3S/c15-10-3-1-2-9(6-10)12-7-13(20-17-12)14(18)16-11-4-5-21(19)8-11/h1-3,6-7,11H,4-5,8H2,(H,16,18). The molecule has 1 aromatic carbocycles. The van der Waals surface area contributed by atoms with Gasteiger partial charge in [-0.25, -0.2) is 0 Å². The van der Waals surface area contributed by atoms with Crippen molar-refractivity contribution in [1.29, 1.82) is 0 Å². The van der Waals surface area contributed by atoms with Crippen molar-refractivity contribution >= 4 is 28.3 Å². The Labute approximate surface area is 129 Å². The van der Waals surface area contributed by atoms with Crippen LogP contribution in [0.5, 0.6) is 0 Å². The second-order valence-electron chi connectivity index (χ2n) is 4.86. The fourth-order valence-electron chi connectivity index (χ4n) is 2.20. The van der Waals surface area contributed by atoms with Crippen molar-refractivity contribution in [3.8, 4) is 11.3 Å². The molecule has 1 fully saturated rings. The highest BCUT2D eigenvalue weighted by atomic mass is 35.5. The second-order valence-corrected chi connectivity index (χ2v) is 6.91. The van der Waals surface area contributed by atoms with Crippen molar-refractivity contribution in [2.45, 2.75) is 12.5 Å². The number of halogens is 1. The molecule has 3 rings (SSSR count). The maximum Gasteiger partial charge on any atom is 0.290 e. The van der Waals surface area contributed by atoms with E-state index in [9.17, 15) is 9.00 Å². The molecule has 1 amide bonds. The Morgan fingerprint density at radius 3 is 3.00 bits per heavy atom. The van der Waals surface area contributed by atoms with Crippen LogP contribution in [0.4, 0.5) is 0 Å². The predicted octanol–water partition coefficient (Wildman–Crippen LogP) is 2.25. The van der Waals surface area contributed by atoms with Crippen molar-refractivity contribution < 1.29 is 13.5 Å². The molecule has 2 atom stereocenters. The summed E-state index contributed by atoms with van der Waals surface area (Å²) in [6.45, 7) is 0. The van der Waals surface area contributed by atoms with Gasteiger partial charge in [0.05, 0.1) is 0 Å². The molecule has 21 heavy (non-hydrogen) atoms. The van der Waals surface area contributed by atoms with Gasteiger partial charge in [0.1, 0.15) is 5.69 Å². The maximum atomic E-state index is 12.0. The van der Waals surface area contributed by atoms with Gasteiger partial charge in [0.2, 0.25) is 5.76 Å². The topological polar surface area (TPSA) is 72.2 Å². The monoisotopic (exact) mass is 324 g/mol. The fraction of sp³-hybridized carbons (Fsp3) is 0.286. The zero-order valence-corrected chi connectivity index (χ0v) is 12.6. The lowest BCUT2D eigenvalue weighted by Crippen LogP contribution is -2.34. The molecule has 1 aliphatic heterocycles. The fourth-order valence-corrected chi connectivity index (χ4v) is 3.80. The summed E-state index contributed by atoms with van der Waals surface area (Å²) < 4.78 is 16.4. The summed E-state index contributed by atoms with van der Waals surface area (Å²) in [7, 11) is -0.828. The van der Waals surface area contributed by atoms with E-state index in [1.165, 1.54) is 0 Å². The predicted molar refractivity (Wildman–Crippen MR) is 80.7 cm³/mol. The zero-order valence-electron chi connectivity index (χ0n) is 11.0. The Kier molecular flexibility index (Phi) is 4.07. The summed E-state index contributed by atoms with van der Waals surface area (Å²) in [6, 6.07) is 8.68. The van der Waals surface area contributed by atoms with Crippen LogP contribution >= 0.6 is 11.6 Å². The van der Waals surface area contributed by atoms with E-state index in [2.05, 4.69) is 10.5 Å². The van der Waals surface area contributed by atoms with E-state index in [1.54, 1.807) is 24.3 Å². The Bertz CT molecular complexity index is 701. The number of hydrogen-bond donors (Lipinski definition) is 1. The van der Waals surface area contributed by atoms with Crippen LogP contribution in [-0.4, -0.2) is 32.8 Å². The molecule has 2 aromatic rings. The summed E-state index contributed by atoms with van der Waals surface area (Å²) in [5.41, 5.74) is 1.34. The van der Waals surface area contributed by atoms with Gasteiger partial charge >= 0.3 is 0 Å². The molecule has 2 heterocycles. The molecule has 5 nitrogen and oxygen atoms in total. The van der Waals surface area contributed by atoms with Crippen molar-refractivity contribution in [3.63, 3.8) is 0 Å². The Morgan fingerprint density at radius 1 is 1.43 bits per heavy atom. The van der Waals surface area contributed by atoms with E-state index in [4.69, 9.17) is 16.1 Å². The zero-order chi connectivity index (χ0) is 14.8. The van der Waals surface area contributed by atoms with E-state index >= 15 is 0 Å². The summed E-state index contributed by atoms with van der Waals surface area (Å²) in [5.74, 6) is 0.943. The van der Waals surface area contributed by atoms with Gasteiger partial charge in [0, 0.05) is 45.0 Å². The Morgan fingerprint density at radius 2 is 2.29 bits per heavy atom.